The van der Waals surface area contributed by atoms with E-state index < -0.39 is 6.04 Å². The molecular formula is C9H11N5O. The molecular weight excluding hydrogens is 194 g/mol. The van der Waals surface area contributed by atoms with E-state index in [1.807, 2.05) is 0 Å². The number of aromatic nitrogens is 4. The molecule has 0 aromatic carbocycles. The number of imidazole rings is 2. The molecule has 0 fully saturated rings. The van der Waals surface area contributed by atoms with Crippen molar-refractivity contribution in [1.82, 2.24) is 19.9 Å². The molecule has 6 nitrogen and oxygen atoms in total. The predicted octanol–water partition coefficient (Wildman–Crippen LogP) is -0.115. The van der Waals surface area contributed by atoms with Crippen LogP contribution in [-0.2, 0) is 6.42 Å². The van der Waals surface area contributed by atoms with E-state index in [9.17, 15) is 4.79 Å². The van der Waals surface area contributed by atoms with E-state index in [-0.39, 0.29) is 11.6 Å². The normalized spacial score (nSPS) is 12.6. The van der Waals surface area contributed by atoms with E-state index in [4.69, 9.17) is 5.73 Å². The summed E-state index contributed by atoms with van der Waals surface area (Å²) >= 11 is 0. The monoisotopic (exact) mass is 205 g/mol. The lowest BCUT2D eigenvalue weighted by Crippen LogP contribution is -2.33. The molecule has 0 aliphatic carbocycles. The topological polar surface area (TPSA) is 100 Å². The summed E-state index contributed by atoms with van der Waals surface area (Å²) in [5, 5.41) is 0. The number of ketones is 1. The van der Waals surface area contributed by atoms with Crippen molar-refractivity contribution < 1.29 is 4.79 Å². The van der Waals surface area contributed by atoms with Crippen molar-refractivity contribution in [3.05, 3.63) is 36.4 Å². The van der Waals surface area contributed by atoms with Crippen LogP contribution in [0, 0.1) is 0 Å². The van der Waals surface area contributed by atoms with Crippen LogP contribution in [0.25, 0.3) is 0 Å². The first kappa shape index (κ1) is 9.60. The van der Waals surface area contributed by atoms with Gasteiger partial charge in [0, 0.05) is 25.0 Å². The molecule has 0 radical (unpaired) electrons. The van der Waals surface area contributed by atoms with Gasteiger partial charge in [-0.3, -0.25) is 4.79 Å². The molecule has 0 saturated heterocycles. The van der Waals surface area contributed by atoms with Crippen LogP contribution in [-0.4, -0.2) is 31.8 Å². The zero-order chi connectivity index (χ0) is 10.7. The number of nitrogens with two attached hydrogens (primary N) is 1. The molecule has 0 spiro atoms. The second-order valence-electron chi connectivity index (χ2n) is 3.17. The van der Waals surface area contributed by atoms with Crippen LogP contribution in [0.4, 0.5) is 0 Å². The quantitative estimate of drug-likeness (QED) is 0.606. The van der Waals surface area contributed by atoms with Gasteiger partial charge in [-0.25, -0.2) is 9.97 Å². The highest BCUT2D eigenvalue weighted by atomic mass is 16.1. The summed E-state index contributed by atoms with van der Waals surface area (Å²) in [5.74, 6) is 0.0843. The molecule has 15 heavy (non-hydrogen) atoms. The van der Waals surface area contributed by atoms with Crippen LogP contribution >= 0.6 is 0 Å². The Bertz CT molecular complexity index is 419. The van der Waals surface area contributed by atoms with Crippen molar-refractivity contribution in [1.29, 1.82) is 0 Å². The Morgan fingerprint density at radius 3 is 3.00 bits per heavy atom. The molecule has 0 aliphatic heterocycles. The molecule has 2 aromatic heterocycles. The molecule has 0 aliphatic rings. The zero-order valence-electron chi connectivity index (χ0n) is 7.97. The van der Waals surface area contributed by atoms with Crippen LogP contribution in [0.5, 0.6) is 0 Å². The number of H-pyrrole nitrogens is 2. The number of Topliss-reactive ketones (excluding diaryl/α,β-unsaturated/α-hetero) is 1. The fourth-order valence-corrected chi connectivity index (χ4v) is 1.30. The highest BCUT2D eigenvalue weighted by molar-refractivity contribution is 5.96. The number of nitrogens with zero attached hydrogens (tertiary/aromatic N) is 2. The largest absolute Gasteiger partial charge is 0.351 e. The zero-order valence-corrected chi connectivity index (χ0v) is 7.97. The fraction of sp³-hybridized carbons (Fsp3) is 0.222. The van der Waals surface area contributed by atoms with E-state index in [1.165, 1.54) is 6.20 Å². The van der Waals surface area contributed by atoms with Crippen molar-refractivity contribution in [2.75, 3.05) is 0 Å². The molecule has 2 rings (SSSR count). The highest BCUT2D eigenvalue weighted by Crippen LogP contribution is 2.01. The average Bonchev–Trinajstić information content (AvgIpc) is 2.88. The second-order valence-corrected chi connectivity index (χ2v) is 3.17. The molecule has 1 unspecified atom stereocenters. The lowest BCUT2D eigenvalue weighted by Gasteiger charge is -2.05. The van der Waals surface area contributed by atoms with Gasteiger partial charge in [-0.15, -0.1) is 0 Å². The first-order valence-corrected chi connectivity index (χ1v) is 4.54. The first-order chi connectivity index (χ1) is 7.27. The highest BCUT2D eigenvalue weighted by Gasteiger charge is 2.18. The van der Waals surface area contributed by atoms with Gasteiger partial charge in [-0.1, -0.05) is 0 Å². The van der Waals surface area contributed by atoms with E-state index in [0.29, 0.717) is 6.42 Å². The summed E-state index contributed by atoms with van der Waals surface area (Å²) in [6.45, 7) is 0. The third kappa shape index (κ3) is 2.10. The van der Waals surface area contributed by atoms with Crippen LogP contribution in [0.2, 0.25) is 0 Å². The van der Waals surface area contributed by atoms with Gasteiger partial charge in [0.25, 0.3) is 0 Å². The van der Waals surface area contributed by atoms with Gasteiger partial charge >= 0.3 is 0 Å². The van der Waals surface area contributed by atoms with Crippen LogP contribution in [0.3, 0.4) is 0 Å². The summed E-state index contributed by atoms with van der Waals surface area (Å²) in [5.41, 5.74) is 6.50. The third-order valence-electron chi connectivity index (χ3n) is 2.05. The second kappa shape index (κ2) is 4.05. The van der Waals surface area contributed by atoms with E-state index in [2.05, 4.69) is 19.9 Å². The minimum atomic E-state index is -0.612. The van der Waals surface area contributed by atoms with Crippen molar-refractivity contribution in [3.63, 3.8) is 0 Å². The first-order valence-electron chi connectivity index (χ1n) is 4.54. The van der Waals surface area contributed by atoms with E-state index >= 15 is 0 Å². The van der Waals surface area contributed by atoms with Crippen molar-refractivity contribution >= 4 is 5.78 Å². The Morgan fingerprint density at radius 2 is 2.40 bits per heavy atom. The molecule has 0 bridgehead atoms. The van der Waals surface area contributed by atoms with Crippen LogP contribution in [0.15, 0.2) is 24.9 Å². The third-order valence-corrected chi connectivity index (χ3v) is 2.05. The molecule has 1 atom stereocenters. The van der Waals surface area contributed by atoms with Gasteiger partial charge in [-0.05, 0) is 0 Å². The fourth-order valence-electron chi connectivity index (χ4n) is 1.30. The SMILES string of the molecule is NC(Cc1c[nH]cn1)C(=O)c1ncc[nH]1. The van der Waals surface area contributed by atoms with E-state index in [1.54, 1.807) is 18.7 Å². The van der Waals surface area contributed by atoms with Crippen molar-refractivity contribution in [2.45, 2.75) is 12.5 Å². The number of hydrogen-bond donors (Lipinski definition) is 3. The molecule has 0 amide bonds. The lowest BCUT2D eigenvalue weighted by molar-refractivity contribution is 0.0951. The minimum absolute atomic E-state index is 0.206. The number of carbonyl (C=O) groups is 1. The number of rotatable bonds is 4. The Kier molecular flexibility index (Phi) is 2.59. The smallest absolute Gasteiger partial charge is 0.215 e. The van der Waals surface area contributed by atoms with Gasteiger partial charge in [0.2, 0.25) is 5.78 Å². The molecule has 4 N–H and O–H groups in total. The Morgan fingerprint density at radius 1 is 1.53 bits per heavy atom. The number of carbonyl (C=O) groups excluding carboxylic acids is 1. The maximum atomic E-state index is 11.7. The van der Waals surface area contributed by atoms with Crippen LogP contribution in [0.1, 0.15) is 16.3 Å². The lowest BCUT2D eigenvalue weighted by atomic mass is 10.1. The number of aromatic amines is 2. The van der Waals surface area contributed by atoms with Gasteiger partial charge in [0.05, 0.1) is 18.1 Å². The van der Waals surface area contributed by atoms with Crippen molar-refractivity contribution in [3.8, 4) is 0 Å². The number of nitrogens with one attached hydrogen (secondary N) is 2. The minimum Gasteiger partial charge on any atom is -0.351 e. The van der Waals surface area contributed by atoms with Gasteiger partial charge in [-0.2, -0.15) is 0 Å². The molecule has 0 saturated carbocycles. The van der Waals surface area contributed by atoms with Crippen molar-refractivity contribution in [2.24, 2.45) is 5.73 Å². The maximum absolute atomic E-state index is 11.7. The van der Waals surface area contributed by atoms with Gasteiger partial charge in [0.1, 0.15) is 0 Å². The van der Waals surface area contributed by atoms with E-state index in [0.717, 1.165) is 5.69 Å². The summed E-state index contributed by atoms with van der Waals surface area (Å²) < 4.78 is 0. The molecule has 6 heteroatoms. The summed E-state index contributed by atoms with van der Waals surface area (Å²) in [7, 11) is 0. The molecule has 2 aromatic rings. The molecule has 2 heterocycles. The summed E-state index contributed by atoms with van der Waals surface area (Å²) in [6.07, 6.45) is 6.79. The van der Waals surface area contributed by atoms with Gasteiger partial charge in [0.15, 0.2) is 5.82 Å². The predicted molar refractivity (Wildman–Crippen MR) is 53.2 cm³/mol. The number of hydrogen-bond acceptors (Lipinski definition) is 4. The van der Waals surface area contributed by atoms with Gasteiger partial charge < -0.3 is 15.7 Å². The standard InChI is InChI=1S/C9H11N5O/c10-7(3-6-4-11-5-14-6)8(15)9-12-1-2-13-9/h1-2,4-5,7H,3,10H2,(H,11,14)(H,12,13). The summed E-state index contributed by atoms with van der Waals surface area (Å²) in [6, 6.07) is -0.612. The molecule has 78 valence electrons. The Hall–Kier alpha value is -1.95. The average molecular weight is 205 g/mol. The summed E-state index contributed by atoms with van der Waals surface area (Å²) in [4.78, 5) is 25.1. The Labute approximate surface area is 85.9 Å². The Balaban J connectivity index is 2.03. The maximum Gasteiger partial charge on any atom is 0.215 e. The van der Waals surface area contributed by atoms with Crippen LogP contribution < -0.4 is 5.73 Å².